The molecule has 1 aromatic rings. The van der Waals surface area contributed by atoms with Crippen molar-refractivity contribution in [2.75, 3.05) is 7.11 Å². The zero-order chi connectivity index (χ0) is 10.1. The second-order valence-corrected chi connectivity index (χ2v) is 3.00. The van der Waals surface area contributed by atoms with E-state index in [0.29, 0.717) is 17.7 Å². The van der Waals surface area contributed by atoms with Crippen LogP contribution in [0.1, 0.15) is 11.1 Å². The van der Waals surface area contributed by atoms with Crippen LogP contribution in [0.3, 0.4) is 0 Å². The molecule has 0 aromatic heterocycles. The predicted octanol–water partition coefficient (Wildman–Crippen LogP) is 1.60. The van der Waals surface area contributed by atoms with E-state index in [1.54, 1.807) is 0 Å². The van der Waals surface area contributed by atoms with Gasteiger partial charge in [0.05, 0.1) is 5.56 Å². The van der Waals surface area contributed by atoms with Gasteiger partial charge in [-0.3, -0.25) is 0 Å². The molecule has 3 nitrogen and oxygen atoms in total. The highest BCUT2D eigenvalue weighted by molar-refractivity contribution is 5.49. The zero-order valence-electron chi connectivity index (χ0n) is 7.58. The van der Waals surface area contributed by atoms with Crippen molar-refractivity contribution in [2.24, 2.45) is 0 Å². The Morgan fingerprint density at radius 3 is 3.07 bits per heavy atom. The lowest BCUT2D eigenvalue weighted by Gasteiger charge is -2.06. The van der Waals surface area contributed by atoms with E-state index in [1.165, 1.54) is 19.2 Å². The van der Waals surface area contributed by atoms with Gasteiger partial charge in [-0.2, -0.15) is 5.26 Å². The van der Waals surface area contributed by atoms with Gasteiger partial charge < -0.3 is 9.47 Å². The van der Waals surface area contributed by atoms with Gasteiger partial charge in [0.25, 0.3) is 0 Å². The number of methoxy groups -OCH3 is 1. The minimum absolute atomic E-state index is 0.0575. The summed E-state index contributed by atoms with van der Waals surface area (Å²) in [6, 6.07) is 4.58. The Kier molecular flexibility index (Phi) is 2.10. The summed E-state index contributed by atoms with van der Waals surface area (Å²) < 4.78 is 23.4. The number of nitriles is 1. The van der Waals surface area contributed by atoms with Crippen LogP contribution in [0.15, 0.2) is 12.1 Å². The summed E-state index contributed by atoms with van der Waals surface area (Å²) >= 11 is 0. The van der Waals surface area contributed by atoms with Gasteiger partial charge in [0.1, 0.15) is 17.6 Å². The Balaban J connectivity index is 2.48. The summed E-state index contributed by atoms with van der Waals surface area (Å²) in [4.78, 5) is 0. The van der Waals surface area contributed by atoms with Crippen LogP contribution in [-0.2, 0) is 11.2 Å². The van der Waals surface area contributed by atoms with Gasteiger partial charge in [-0.25, -0.2) is 4.39 Å². The summed E-state index contributed by atoms with van der Waals surface area (Å²) in [7, 11) is 1.51. The number of benzene rings is 1. The number of fused-ring (bicyclic) bond motifs is 1. The third-order valence-electron chi connectivity index (χ3n) is 2.22. The lowest BCUT2D eigenvalue weighted by atomic mass is 10.1. The van der Waals surface area contributed by atoms with Crippen LogP contribution in [-0.4, -0.2) is 13.4 Å². The van der Waals surface area contributed by atoms with E-state index in [4.69, 9.17) is 14.7 Å². The van der Waals surface area contributed by atoms with E-state index in [-0.39, 0.29) is 5.56 Å². The molecule has 0 bridgehead atoms. The van der Waals surface area contributed by atoms with Crippen molar-refractivity contribution in [2.45, 2.75) is 12.7 Å². The maximum atomic E-state index is 13.2. The van der Waals surface area contributed by atoms with Crippen LogP contribution >= 0.6 is 0 Å². The Morgan fingerprint density at radius 1 is 1.64 bits per heavy atom. The number of rotatable bonds is 1. The van der Waals surface area contributed by atoms with Gasteiger partial charge in [0.15, 0.2) is 0 Å². The predicted molar refractivity (Wildman–Crippen MR) is 46.2 cm³/mol. The molecule has 0 aliphatic carbocycles. The second-order valence-electron chi connectivity index (χ2n) is 3.00. The fourth-order valence-corrected chi connectivity index (χ4v) is 1.52. The van der Waals surface area contributed by atoms with E-state index in [2.05, 4.69) is 0 Å². The molecule has 0 saturated carbocycles. The molecule has 1 aliphatic rings. The third kappa shape index (κ3) is 1.22. The normalized spacial score (nSPS) is 18.5. The molecule has 0 saturated heterocycles. The van der Waals surface area contributed by atoms with E-state index in [0.717, 1.165) is 0 Å². The average Bonchev–Trinajstić information content (AvgIpc) is 2.60. The lowest BCUT2D eigenvalue weighted by molar-refractivity contribution is -0.0367. The molecule has 1 atom stereocenters. The summed E-state index contributed by atoms with van der Waals surface area (Å²) in [6.07, 6.45) is 0.0193. The number of hydrogen-bond donors (Lipinski definition) is 0. The summed E-state index contributed by atoms with van der Waals surface area (Å²) in [5.41, 5.74) is 0.654. The first-order valence-corrected chi connectivity index (χ1v) is 4.17. The summed E-state index contributed by atoms with van der Waals surface area (Å²) in [5.74, 6) is 0.0291. The molecule has 1 heterocycles. The van der Waals surface area contributed by atoms with Gasteiger partial charge in [0, 0.05) is 19.1 Å². The number of nitrogens with zero attached hydrogens (tertiary/aromatic N) is 1. The molecular formula is C10H8FNO2. The first kappa shape index (κ1) is 8.97. The standard InChI is InChI=1S/C10H8FNO2/c1-13-10-4-6-7(5-12)8(11)2-3-9(6)14-10/h2-3,10H,4H2,1H3/t10-/m0/s1. The maximum absolute atomic E-state index is 13.2. The van der Waals surface area contributed by atoms with Crippen LogP contribution in [0.2, 0.25) is 0 Å². The quantitative estimate of drug-likeness (QED) is 0.680. The van der Waals surface area contributed by atoms with Crippen LogP contribution in [0.4, 0.5) is 4.39 Å². The second kappa shape index (κ2) is 3.28. The van der Waals surface area contributed by atoms with Crippen molar-refractivity contribution in [3.8, 4) is 11.8 Å². The Labute approximate surface area is 80.7 Å². The highest BCUT2D eigenvalue weighted by Crippen LogP contribution is 2.32. The molecule has 0 amide bonds. The first-order chi connectivity index (χ1) is 6.76. The van der Waals surface area contributed by atoms with Crippen LogP contribution in [0.5, 0.6) is 5.75 Å². The molecule has 0 unspecified atom stereocenters. The molecule has 72 valence electrons. The van der Waals surface area contributed by atoms with Crippen molar-refractivity contribution in [1.29, 1.82) is 5.26 Å². The van der Waals surface area contributed by atoms with Gasteiger partial charge in [-0.05, 0) is 12.1 Å². The van der Waals surface area contributed by atoms with Crippen molar-refractivity contribution < 1.29 is 13.9 Å². The largest absolute Gasteiger partial charge is 0.464 e. The highest BCUT2D eigenvalue weighted by atomic mass is 19.1. The molecule has 0 spiro atoms. The molecule has 4 heteroatoms. The fraction of sp³-hybridized carbons (Fsp3) is 0.300. The van der Waals surface area contributed by atoms with Crippen LogP contribution in [0, 0.1) is 17.1 Å². The highest BCUT2D eigenvalue weighted by Gasteiger charge is 2.26. The van der Waals surface area contributed by atoms with Gasteiger partial charge in [-0.1, -0.05) is 0 Å². The summed E-state index contributed by atoms with van der Waals surface area (Å²) in [5, 5.41) is 8.76. The number of halogens is 1. The van der Waals surface area contributed by atoms with E-state index in [1.807, 2.05) is 6.07 Å². The topological polar surface area (TPSA) is 42.2 Å². The molecule has 0 N–H and O–H groups in total. The van der Waals surface area contributed by atoms with E-state index >= 15 is 0 Å². The van der Waals surface area contributed by atoms with Crippen molar-refractivity contribution in [3.05, 3.63) is 29.1 Å². The Morgan fingerprint density at radius 2 is 2.43 bits per heavy atom. The molecule has 1 aromatic carbocycles. The molecule has 2 rings (SSSR count). The van der Waals surface area contributed by atoms with Crippen LogP contribution in [0.25, 0.3) is 0 Å². The van der Waals surface area contributed by atoms with Crippen molar-refractivity contribution >= 4 is 0 Å². The SMILES string of the molecule is CO[C@@H]1Cc2c(ccc(F)c2C#N)O1. The Hall–Kier alpha value is -1.60. The molecule has 14 heavy (non-hydrogen) atoms. The Bertz CT molecular complexity index is 411. The number of ether oxygens (including phenoxy) is 2. The van der Waals surface area contributed by atoms with Gasteiger partial charge in [-0.15, -0.1) is 0 Å². The molecule has 1 aliphatic heterocycles. The van der Waals surface area contributed by atoms with Gasteiger partial charge in [0.2, 0.25) is 6.29 Å². The third-order valence-corrected chi connectivity index (χ3v) is 2.22. The monoisotopic (exact) mass is 193 g/mol. The average molecular weight is 193 g/mol. The minimum Gasteiger partial charge on any atom is -0.464 e. The number of hydrogen-bond acceptors (Lipinski definition) is 3. The van der Waals surface area contributed by atoms with E-state index < -0.39 is 12.1 Å². The fourth-order valence-electron chi connectivity index (χ4n) is 1.52. The summed E-state index contributed by atoms with van der Waals surface area (Å²) in [6.45, 7) is 0. The molecular weight excluding hydrogens is 185 g/mol. The molecule has 0 radical (unpaired) electrons. The maximum Gasteiger partial charge on any atom is 0.203 e. The minimum atomic E-state index is -0.508. The van der Waals surface area contributed by atoms with Crippen molar-refractivity contribution in [3.63, 3.8) is 0 Å². The lowest BCUT2D eigenvalue weighted by Crippen LogP contribution is -2.14. The smallest absolute Gasteiger partial charge is 0.203 e. The first-order valence-electron chi connectivity index (χ1n) is 4.17. The zero-order valence-corrected chi connectivity index (χ0v) is 7.58. The van der Waals surface area contributed by atoms with Gasteiger partial charge >= 0.3 is 0 Å². The molecule has 0 fully saturated rings. The van der Waals surface area contributed by atoms with Crippen molar-refractivity contribution in [1.82, 2.24) is 0 Å². The van der Waals surface area contributed by atoms with E-state index in [9.17, 15) is 4.39 Å². The van der Waals surface area contributed by atoms with Crippen LogP contribution < -0.4 is 4.74 Å².